The number of likely N-dealkylation sites (N-methyl/N-ethyl adjacent to an activating group) is 1. The van der Waals surface area contributed by atoms with Crippen LogP contribution >= 0.6 is 27.7 Å². The van der Waals surface area contributed by atoms with Gasteiger partial charge in [0.1, 0.15) is 5.75 Å². The van der Waals surface area contributed by atoms with Crippen LogP contribution in [-0.4, -0.2) is 40.2 Å². The molecule has 162 valence electrons. The molecular formula is C23H23BrN2O4S. The van der Waals surface area contributed by atoms with Crippen molar-refractivity contribution in [3.63, 3.8) is 0 Å². The summed E-state index contributed by atoms with van der Waals surface area (Å²) in [4.78, 5) is 30.7. The molecule has 0 spiro atoms. The summed E-state index contributed by atoms with van der Waals surface area (Å²) in [5.41, 5.74) is 2.14. The molecule has 0 aliphatic carbocycles. The van der Waals surface area contributed by atoms with Crippen LogP contribution in [0.1, 0.15) is 41.8 Å². The third-order valence-corrected chi connectivity index (χ3v) is 6.59. The van der Waals surface area contributed by atoms with Crippen molar-refractivity contribution in [2.24, 2.45) is 4.99 Å². The summed E-state index contributed by atoms with van der Waals surface area (Å²) in [7, 11) is 1.66. The molecule has 1 aliphatic rings. The summed E-state index contributed by atoms with van der Waals surface area (Å²) < 4.78 is 6.69. The number of carbonyl (C=O) groups is 2. The van der Waals surface area contributed by atoms with Crippen molar-refractivity contribution in [1.82, 2.24) is 4.90 Å². The third kappa shape index (κ3) is 5.19. The van der Waals surface area contributed by atoms with E-state index in [1.54, 1.807) is 26.1 Å². The van der Waals surface area contributed by atoms with E-state index in [-0.39, 0.29) is 17.6 Å². The minimum atomic E-state index is -1.00. The Balaban J connectivity index is 1.87. The van der Waals surface area contributed by atoms with Gasteiger partial charge < -0.3 is 9.84 Å². The van der Waals surface area contributed by atoms with Gasteiger partial charge in [0.2, 0.25) is 0 Å². The second-order valence-corrected chi connectivity index (χ2v) is 9.01. The number of hydrogen-bond donors (Lipinski definition) is 1. The summed E-state index contributed by atoms with van der Waals surface area (Å²) in [5.74, 6) is -0.406. The molecule has 0 bridgehead atoms. The van der Waals surface area contributed by atoms with Gasteiger partial charge in [-0.15, -0.1) is 0 Å². The number of amides is 1. The van der Waals surface area contributed by atoms with Gasteiger partial charge in [0.25, 0.3) is 5.91 Å². The molecule has 1 fully saturated rings. The van der Waals surface area contributed by atoms with Gasteiger partial charge in [-0.1, -0.05) is 19.1 Å². The highest BCUT2D eigenvalue weighted by atomic mass is 79.9. The van der Waals surface area contributed by atoms with E-state index in [4.69, 9.17) is 4.74 Å². The Morgan fingerprint density at radius 3 is 2.74 bits per heavy atom. The van der Waals surface area contributed by atoms with Gasteiger partial charge in [0, 0.05) is 7.05 Å². The monoisotopic (exact) mass is 502 g/mol. The topological polar surface area (TPSA) is 79.2 Å². The molecule has 2 aromatic rings. The lowest BCUT2D eigenvalue weighted by Gasteiger charge is -2.14. The van der Waals surface area contributed by atoms with Crippen molar-refractivity contribution in [2.45, 2.75) is 33.3 Å². The number of thioether (sulfide) groups is 1. The van der Waals surface area contributed by atoms with Gasteiger partial charge in [0.05, 0.1) is 26.7 Å². The average molecular weight is 503 g/mol. The summed E-state index contributed by atoms with van der Waals surface area (Å²) in [6.45, 7) is 5.79. The molecule has 0 unspecified atom stereocenters. The van der Waals surface area contributed by atoms with Crippen LogP contribution in [-0.2, 0) is 4.79 Å². The molecule has 6 nitrogen and oxygen atoms in total. The Labute approximate surface area is 194 Å². The van der Waals surface area contributed by atoms with Crippen LogP contribution in [0, 0.1) is 6.92 Å². The summed E-state index contributed by atoms with van der Waals surface area (Å²) in [6.07, 6.45) is 2.83. The molecule has 1 atom stereocenters. The minimum Gasteiger partial charge on any atom is -0.490 e. The number of ether oxygens (including phenoxy) is 1. The van der Waals surface area contributed by atoms with E-state index in [0.717, 1.165) is 22.2 Å². The van der Waals surface area contributed by atoms with Gasteiger partial charge in [-0.05, 0) is 89.4 Å². The number of hydrogen-bond acceptors (Lipinski definition) is 5. The van der Waals surface area contributed by atoms with Crippen LogP contribution in [0.2, 0.25) is 0 Å². The first-order valence-corrected chi connectivity index (χ1v) is 11.4. The van der Waals surface area contributed by atoms with Gasteiger partial charge in [-0.2, -0.15) is 0 Å². The maximum atomic E-state index is 12.7. The second-order valence-electron chi connectivity index (χ2n) is 7.15. The van der Waals surface area contributed by atoms with Crippen LogP contribution in [0.3, 0.4) is 0 Å². The van der Waals surface area contributed by atoms with Gasteiger partial charge >= 0.3 is 5.97 Å². The zero-order valence-electron chi connectivity index (χ0n) is 17.7. The molecular weight excluding hydrogens is 480 g/mol. The molecule has 3 rings (SSSR count). The van der Waals surface area contributed by atoms with Crippen molar-refractivity contribution in [3.8, 4) is 5.75 Å². The van der Waals surface area contributed by atoms with Gasteiger partial charge in [-0.25, -0.2) is 9.79 Å². The quantitative estimate of drug-likeness (QED) is 0.499. The fourth-order valence-electron chi connectivity index (χ4n) is 2.88. The van der Waals surface area contributed by atoms with E-state index in [1.807, 2.05) is 31.2 Å². The number of carboxylic acid groups (broad SMARTS) is 1. The summed E-state index contributed by atoms with van der Waals surface area (Å²) in [6, 6.07) is 10.6. The van der Waals surface area contributed by atoms with E-state index < -0.39 is 5.97 Å². The molecule has 1 amide bonds. The Bertz CT molecular complexity index is 1100. The standard InChI is InChI=1S/C23H23BrN2O4S/c1-5-13(2)30-19-10-9-15(11-17(19)24)12-20-21(27)26(4)23(31-20)25-18-8-6-7-16(14(18)3)22(28)29/h6-13H,5H2,1-4H3,(H,28,29)/b20-12-,25-23?/t13-/m1/s1. The number of carboxylic acids is 1. The molecule has 1 saturated heterocycles. The lowest BCUT2D eigenvalue weighted by molar-refractivity contribution is -0.121. The predicted octanol–water partition coefficient (Wildman–Crippen LogP) is 5.87. The Hall–Kier alpha value is -2.58. The number of nitrogens with zero attached hydrogens (tertiary/aromatic N) is 2. The number of rotatable bonds is 6. The summed E-state index contributed by atoms with van der Waals surface area (Å²) in [5, 5.41) is 9.81. The third-order valence-electron chi connectivity index (χ3n) is 4.91. The number of aromatic carboxylic acids is 1. The lowest BCUT2D eigenvalue weighted by Crippen LogP contribution is -2.23. The Morgan fingerprint density at radius 2 is 2.10 bits per heavy atom. The van der Waals surface area contributed by atoms with Crippen LogP contribution in [0.25, 0.3) is 6.08 Å². The molecule has 31 heavy (non-hydrogen) atoms. The fraction of sp³-hybridized carbons (Fsp3) is 0.261. The number of amidine groups is 1. The highest BCUT2D eigenvalue weighted by Crippen LogP contribution is 2.35. The van der Waals surface area contributed by atoms with E-state index in [1.165, 1.54) is 22.7 Å². The van der Waals surface area contributed by atoms with E-state index in [9.17, 15) is 14.7 Å². The van der Waals surface area contributed by atoms with Crippen LogP contribution < -0.4 is 4.74 Å². The number of halogens is 1. The second kappa shape index (κ2) is 9.70. The minimum absolute atomic E-state index is 0.114. The highest BCUT2D eigenvalue weighted by molar-refractivity contribution is 9.10. The highest BCUT2D eigenvalue weighted by Gasteiger charge is 2.30. The van der Waals surface area contributed by atoms with Gasteiger partial charge in [0.15, 0.2) is 5.17 Å². The molecule has 0 radical (unpaired) electrons. The molecule has 1 aliphatic heterocycles. The van der Waals surface area contributed by atoms with Crippen molar-refractivity contribution in [1.29, 1.82) is 0 Å². The lowest BCUT2D eigenvalue weighted by atomic mass is 10.1. The number of carbonyl (C=O) groups excluding carboxylic acids is 1. The first-order valence-electron chi connectivity index (χ1n) is 9.76. The normalized spacial score (nSPS) is 17.5. The molecule has 1 N–H and O–H groups in total. The zero-order valence-corrected chi connectivity index (χ0v) is 20.1. The first-order chi connectivity index (χ1) is 14.7. The van der Waals surface area contributed by atoms with Crippen LogP contribution in [0.5, 0.6) is 5.75 Å². The Morgan fingerprint density at radius 1 is 1.35 bits per heavy atom. The molecule has 1 heterocycles. The average Bonchev–Trinajstić information content (AvgIpc) is 2.99. The van der Waals surface area contributed by atoms with E-state index >= 15 is 0 Å². The van der Waals surface area contributed by atoms with Crippen molar-refractivity contribution in [3.05, 3.63) is 62.5 Å². The van der Waals surface area contributed by atoms with Crippen LogP contribution in [0.15, 0.2) is 50.8 Å². The van der Waals surface area contributed by atoms with Crippen molar-refractivity contribution < 1.29 is 19.4 Å². The van der Waals surface area contributed by atoms with Crippen molar-refractivity contribution in [2.75, 3.05) is 7.05 Å². The smallest absolute Gasteiger partial charge is 0.336 e. The molecule has 8 heteroatoms. The zero-order chi connectivity index (χ0) is 22.7. The van der Waals surface area contributed by atoms with E-state index in [2.05, 4.69) is 27.8 Å². The van der Waals surface area contributed by atoms with Gasteiger partial charge in [-0.3, -0.25) is 9.69 Å². The molecule has 0 aromatic heterocycles. The van der Waals surface area contributed by atoms with Crippen molar-refractivity contribution >= 4 is 56.5 Å². The number of aliphatic imine (C=N–C) groups is 1. The number of benzene rings is 2. The van der Waals surface area contributed by atoms with Crippen LogP contribution in [0.4, 0.5) is 5.69 Å². The fourth-order valence-corrected chi connectivity index (χ4v) is 4.35. The summed E-state index contributed by atoms with van der Waals surface area (Å²) >= 11 is 4.79. The van der Waals surface area contributed by atoms with E-state index in [0.29, 0.717) is 21.3 Å². The molecule has 0 saturated carbocycles. The largest absolute Gasteiger partial charge is 0.490 e. The SMILES string of the molecule is CC[C@@H](C)Oc1ccc(/C=C2\SC(=Nc3cccc(C(=O)O)c3C)N(C)C2=O)cc1Br. The molecule has 2 aromatic carbocycles. The maximum absolute atomic E-state index is 12.7. The predicted molar refractivity (Wildman–Crippen MR) is 128 cm³/mol. The Kier molecular flexibility index (Phi) is 7.23. The first kappa shape index (κ1) is 23.1. The maximum Gasteiger partial charge on any atom is 0.336 e.